The number of imidazole rings is 1. The number of nitriles is 1. The van der Waals surface area contributed by atoms with Crippen LogP contribution in [-0.4, -0.2) is 26.5 Å². The summed E-state index contributed by atoms with van der Waals surface area (Å²) in [4.78, 5) is 7.40. The molecule has 0 radical (unpaired) electrons. The van der Waals surface area contributed by atoms with Gasteiger partial charge in [0.25, 0.3) is 0 Å². The van der Waals surface area contributed by atoms with Crippen LogP contribution < -0.4 is 0 Å². The first-order valence-corrected chi connectivity index (χ1v) is 8.27. The van der Waals surface area contributed by atoms with Crippen LogP contribution in [0.5, 0.6) is 0 Å². The lowest BCUT2D eigenvalue weighted by Gasteiger charge is -2.38. The average Bonchev–Trinajstić information content (AvgIpc) is 2.86. The first-order chi connectivity index (χ1) is 10.7. The van der Waals surface area contributed by atoms with Crippen LogP contribution in [0.4, 0.5) is 0 Å². The van der Waals surface area contributed by atoms with Gasteiger partial charge in [-0.05, 0) is 38.8 Å². The lowest BCUT2D eigenvalue weighted by molar-refractivity contribution is 0.0911. The summed E-state index contributed by atoms with van der Waals surface area (Å²) in [5, 5.41) is 8.94. The van der Waals surface area contributed by atoms with Crippen LogP contribution in [0.1, 0.15) is 45.4 Å². The number of piperidine rings is 1. The zero-order chi connectivity index (χ0) is 15.5. The molecule has 1 aliphatic heterocycles. The molecule has 1 saturated heterocycles. The van der Waals surface area contributed by atoms with E-state index in [1.54, 1.807) is 0 Å². The van der Waals surface area contributed by atoms with Crippen molar-refractivity contribution >= 4 is 11.0 Å². The Hall–Kier alpha value is -1.86. The van der Waals surface area contributed by atoms with Gasteiger partial charge in [0.2, 0.25) is 0 Å². The fraction of sp³-hybridized carbons (Fsp3) is 0.556. The molecule has 3 rings (SSSR count). The summed E-state index contributed by atoms with van der Waals surface area (Å²) in [6.45, 7) is 6.24. The molecule has 22 heavy (non-hydrogen) atoms. The number of aryl methyl sites for hydroxylation is 1. The quantitative estimate of drug-likeness (QED) is 0.864. The van der Waals surface area contributed by atoms with Gasteiger partial charge in [0.05, 0.1) is 30.1 Å². The fourth-order valence-corrected chi connectivity index (χ4v) is 3.61. The molecule has 4 nitrogen and oxygen atoms in total. The van der Waals surface area contributed by atoms with E-state index in [0.717, 1.165) is 29.9 Å². The Morgan fingerprint density at radius 2 is 1.95 bits per heavy atom. The number of aromatic nitrogens is 2. The van der Waals surface area contributed by atoms with E-state index in [0.29, 0.717) is 18.5 Å². The zero-order valence-corrected chi connectivity index (χ0v) is 13.5. The first-order valence-electron chi connectivity index (χ1n) is 8.27. The molecule has 1 aliphatic rings. The van der Waals surface area contributed by atoms with Crippen LogP contribution in [0.3, 0.4) is 0 Å². The predicted molar refractivity (Wildman–Crippen MR) is 88.3 cm³/mol. The Balaban J connectivity index is 1.93. The van der Waals surface area contributed by atoms with Gasteiger partial charge in [-0.25, -0.2) is 4.98 Å². The first kappa shape index (κ1) is 15.1. The number of rotatable bonds is 4. The summed E-state index contributed by atoms with van der Waals surface area (Å²) >= 11 is 0. The number of nitrogens with zero attached hydrogens (tertiary/aromatic N) is 4. The van der Waals surface area contributed by atoms with E-state index in [9.17, 15) is 0 Å². The Morgan fingerprint density at radius 3 is 2.68 bits per heavy atom. The minimum absolute atomic E-state index is 0.526. The number of hydrogen-bond donors (Lipinski definition) is 0. The van der Waals surface area contributed by atoms with E-state index >= 15 is 0 Å². The van der Waals surface area contributed by atoms with Crippen molar-refractivity contribution in [1.82, 2.24) is 14.5 Å². The Kier molecular flexibility index (Phi) is 4.44. The maximum atomic E-state index is 8.94. The fourth-order valence-electron chi connectivity index (χ4n) is 3.61. The van der Waals surface area contributed by atoms with E-state index in [4.69, 9.17) is 10.2 Å². The van der Waals surface area contributed by atoms with Gasteiger partial charge in [-0.2, -0.15) is 5.26 Å². The third kappa shape index (κ3) is 2.86. The second-order valence-corrected chi connectivity index (χ2v) is 6.38. The van der Waals surface area contributed by atoms with E-state index in [2.05, 4.69) is 41.5 Å². The van der Waals surface area contributed by atoms with E-state index in [1.807, 2.05) is 12.1 Å². The van der Waals surface area contributed by atoms with Gasteiger partial charge >= 0.3 is 0 Å². The molecule has 0 aliphatic carbocycles. The molecule has 116 valence electrons. The average molecular weight is 296 g/mol. The molecular weight excluding hydrogens is 272 g/mol. The van der Waals surface area contributed by atoms with Crippen molar-refractivity contribution in [3.05, 3.63) is 30.1 Å². The molecule has 1 aromatic carbocycles. The SMILES string of the molecule is CC1CCCC(C)N1Cc1nc2ccccc2n1CCC#N. The topological polar surface area (TPSA) is 44.9 Å². The third-order valence-electron chi connectivity index (χ3n) is 4.88. The van der Waals surface area contributed by atoms with Crippen LogP contribution in [-0.2, 0) is 13.1 Å². The molecule has 0 N–H and O–H groups in total. The molecule has 0 spiro atoms. The Bertz CT molecular complexity index is 672. The maximum Gasteiger partial charge on any atom is 0.124 e. The lowest BCUT2D eigenvalue weighted by atomic mass is 9.97. The molecule has 1 fully saturated rings. The molecule has 2 heterocycles. The summed E-state index contributed by atoms with van der Waals surface area (Å²) in [6, 6.07) is 11.7. The van der Waals surface area contributed by atoms with Crippen LogP contribution in [0, 0.1) is 11.3 Å². The van der Waals surface area contributed by atoms with E-state index in [-0.39, 0.29) is 0 Å². The number of fused-ring (bicyclic) bond motifs is 1. The van der Waals surface area contributed by atoms with Gasteiger partial charge in [0.15, 0.2) is 0 Å². The van der Waals surface area contributed by atoms with Crippen molar-refractivity contribution in [1.29, 1.82) is 5.26 Å². The van der Waals surface area contributed by atoms with Crippen molar-refractivity contribution in [2.75, 3.05) is 0 Å². The third-order valence-corrected chi connectivity index (χ3v) is 4.88. The van der Waals surface area contributed by atoms with Gasteiger partial charge < -0.3 is 4.57 Å². The highest BCUT2D eigenvalue weighted by atomic mass is 15.2. The summed E-state index contributed by atoms with van der Waals surface area (Å²) in [5.41, 5.74) is 2.18. The number of likely N-dealkylation sites (tertiary alicyclic amines) is 1. The van der Waals surface area contributed by atoms with E-state index in [1.165, 1.54) is 19.3 Å². The second kappa shape index (κ2) is 6.50. The van der Waals surface area contributed by atoms with Crippen molar-refractivity contribution in [3.63, 3.8) is 0 Å². The van der Waals surface area contributed by atoms with E-state index < -0.39 is 0 Å². The summed E-state index contributed by atoms with van der Waals surface area (Å²) in [7, 11) is 0. The number of hydrogen-bond acceptors (Lipinski definition) is 3. The number of para-hydroxylation sites is 2. The Morgan fingerprint density at radius 1 is 1.23 bits per heavy atom. The summed E-state index contributed by atoms with van der Waals surface area (Å²) in [6.07, 6.45) is 4.38. The van der Waals surface area contributed by atoms with Crippen LogP contribution in [0.15, 0.2) is 24.3 Å². The minimum atomic E-state index is 0.526. The summed E-state index contributed by atoms with van der Waals surface area (Å²) < 4.78 is 2.23. The van der Waals surface area contributed by atoms with Gasteiger partial charge in [0.1, 0.15) is 5.82 Å². The van der Waals surface area contributed by atoms with Crippen LogP contribution >= 0.6 is 0 Å². The van der Waals surface area contributed by atoms with Crippen LogP contribution in [0.25, 0.3) is 11.0 Å². The minimum Gasteiger partial charge on any atom is -0.326 e. The molecular formula is C18H24N4. The molecule has 1 aromatic heterocycles. The molecule has 4 heteroatoms. The van der Waals surface area contributed by atoms with Gasteiger partial charge in [-0.15, -0.1) is 0 Å². The highest BCUT2D eigenvalue weighted by Gasteiger charge is 2.26. The molecule has 0 saturated carbocycles. The smallest absolute Gasteiger partial charge is 0.124 e. The second-order valence-electron chi connectivity index (χ2n) is 6.38. The van der Waals surface area contributed by atoms with Gasteiger partial charge in [-0.1, -0.05) is 18.6 Å². The van der Waals surface area contributed by atoms with Crippen LogP contribution in [0.2, 0.25) is 0 Å². The maximum absolute atomic E-state index is 8.94. The molecule has 2 aromatic rings. The van der Waals surface area contributed by atoms with Crippen molar-refractivity contribution in [2.45, 2.75) is 64.7 Å². The highest BCUT2D eigenvalue weighted by Crippen LogP contribution is 2.26. The monoisotopic (exact) mass is 296 g/mol. The highest BCUT2D eigenvalue weighted by molar-refractivity contribution is 5.75. The molecule has 2 unspecified atom stereocenters. The molecule has 2 atom stereocenters. The molecule has 0 amide bonds. The number of benzene rings is 1. The largest absolute Gasteiger partial charge is 0.326 e. The van der Waals surface area contributed by atoms with Gasteiger partial charge in [0, 0.05) is 18.6 Å². The van der Waals surface area contributed by atoms with Crippen molar-refractivity contribution in [2.24, 2.45) is 0 Å². The summed E-state index contributed by atoms with van der Waals surface area (Å²) in [5.74, 6) is 1.09. The lowest BCUT2D eigenvalue weighted by Crippen LogP contribution is -2.43. The normalized spacial score (nSPS) is 22.8. The van der Waals surface area contributed by atoms with Gasteiger partial charge in [-0.3, -0.25) is 4.90 Å². The molecule has 0 bridgehead atoms. The standard InChI is InChI=1S/C18H24N4/c1-14-7-5-8-15(2)22(14)13-18-20-16-9-3-4-10-17(16)21(18)12-6-11-19/h3-4,9-10,14-15H,5-8,12-13H2,1-2H3. The Labute approximate surface area is 132 Å². The van der Waals surface area contributed by atoms with Crippen molar-refractivity contribution in [3.8, 4) is 6.07 Å². The predicted octanol–water partition coefficient (Wildman–Crippen LogP) is 3.71. The van der Waals surface area contributed by atoms with Crippen molar-refractivity contribution < 1.29 is 0 Å². The zero-order valence-electron chi connectivity index (χ0n) is 13.5.